The Morgan fingerprint density at radius 1 is 1.10 bits per heavy atom. The van der Waals surface area contributed by atoms with Gasteiger partial charge < -0.3 is 19.7 Å². The van der Waals surface area contributed by atoms with E-state index in [9.17, 15) is 14.4 Å². The van der Waals surface area contributed by atoms with Crippen molar-refractivity contribution in [1.29, 1.82) is 0 Å². The molecule has 2 aromatic rings. The van der Waals surface area contributed by atoms with Crippen LogP contribution in [0.15, 0.2) is 48.5 Å². The summed E-state index contributed by atoms with van der Waals surface area (Å²) in [6, 6.07) is 14.0. The lowest BCUT2D eigenvalue weighted by atomic mass is 10.2. The fraction of sp³-hybridized carbons (Fsp3) is 0.348. The van der Waals surface area contributed by atoms with Gasteiger partial charge >= 0.3 is 5.97 Å². The van der Waals surface area contributed by atoms with Crippen LogP contribution >= 0.6 is 0 Å². The Bertz CT molecular complexity index is 895. The lowest BCUT2D eigenvalue weighted by Crippen LogP contribution is -2.25. The Morgan fingerprint density at radius 3 is 2.57 bits per heavy atom. The zero-order valence-electron chi connectivity index (χ0n) is 17.1. The van der Waals surface area contributed by atoms with Crippen molar-refractivity contribution in [2.45, 2.75) is 32.6 Å². The zero-order chi connectivity index (χ0) is 21.3. The van der Waals surface area contributed by atoms with E-state index < -0.39 is 0 Å². The third-order valence-corrected chi connectivity index (χ3v) is 4.73. The largest absolute Gasteiger partial charge is 0.493 e. The minimum atomic E-state index is -0.371. The molecule has 1 aliphatic rings. The second kappa shape index (κ2) is 10.4. The van der Waals surface area contributed by atoms with Crippen molar-refractivity contribution in [2.24, 2.45) is 0 Å². The average molecular weight is 410 g/mol. The molecule has 0 atom stereocenters. The maximum Gasteiger partial charge on any atom is 0.311 e. The maximum atomic E-state index is 12.3. The number of nitrogens with one attached hydrogen (secondary N) is 1. The summed E-state index contributed by atoms with van der Waals surface area (Å²) in [5.41, 5.74) is 1.28. The van der Waals surface area contributed by atoms with E-state index >= 15 is 0 Å². The van der Waals surface area contributed by atoms with Crippen molar-refractivity contribution in [3.05, 3.63) is 54.1 Å². The molecule has 0 unspecified atom stereocenters. The van der Waals surface area contributed by atoms with Crippen LogP contribution in [0.4, 0.5) is 5.69 Å². The predicted molar refractivity (Wildman–Crippen MR) is 113 cm³/mol. The molecule has 3 rings (SSSR count). The number of nitrogens with zero attached hydrogens (tertiary/aromatic N) is 1. The van der Waals surface area contributed by atoms with Gasteiger partial charge in [-0.15, -0.1) is 0 Å². The van der Waals surface area contributed by atoms with E-state index in [1.807, 2.05) is 13.0 Å². The number of esters is 1. The quantitative estimate of drug-likeness (QED) is 0.389. The number of para-hydroxylation sites is 1. The van der Waals surface area contributed by atoms with Crippen molar-refractivity contribution in [3.8, 4) is 11.5 Å². The van der Waals surface area contributed by atoms with Crippen molar-refractivity contribution in [1.82, 2.24) is 5.32 Å². The Morgan fingerprint density at radius 2 is 1.87 bits per heavy atom. The minimum absolute atomic E-state index is 0.116. The molecule has 7 heteroatoms. The van der Waals surface area contributed by atoms with Crippen molar-refractivity contribution in [2.75, 3.05) is 24.6 Å². The third kappa shape index (κ3) is 5.59. The number of benzene rings is 2. The first-order chi connectivity index (χ1) is 14.6. The number of anilines is 1. The number of rotatable bonds is 9. The Labute approximate surface area is 176 Å². The molecule has 1 heterocycles. The second-order valence-corrected chi connectivity index (χ2v) is 6.91. The summed E-state index contributed by atoms with van der Waals surface area (Å²) in [4.78, 5) is 37.9. The van der Waals surface area contributed by atoms with E-state index in [1.54, 1.807) is 47.4 Å². The molecule has 0 saturated carbocycles. The van der Waals surface area contributed by atoms with Crippen molar-refractivity contribution in [3.63, 3.8) is 0 Å². The molecule has 0 aliphatic carbocycles. The Hall–Kier alpha value is -3.35. The summed E-state index contributed by atoms with van der Waals surface area (Å²) in [5.74, 6) is 0.482. The third-order valence-electron chi connectivity index (χ3n) is 4.73. The number of hydrogen-bond donors (Lipinski definition) is 1. The van der Waals surface area contributed by atoms with E-state index in [2.05, 4.69) is 5.32 Å². The second-order valence-electron chi connectivity index (χ2n) is 6.91. The molecule has 0 bridgehead atoms. The fourth-order valence-electron chi connectivity index (χ4n) is 3.26. The highest BCUT2D eigenvalue weighted by Gasteiger charge is 2.21. The first kappa shape index (κ1) is 21.4. The van der Waals surface area contributed by atoms with Crippen LogP contribution < -0.4 is 19.7 Å². The number of amides is 2. The first-order valence-corrected chi connectivity index (χ1v) is 10.2. The molecule has 30 heavy (non-hydrogen) atoms. The van der Waals surface area contributed by atoms with Gasteiger partial charge in [-0.25, -0.2) is 0 Å². The summed E-state index contributed by atoms with van der Waals surface area (Å²) in [5, 5.41) is 2.80. The van der Waals surface area contributed by atoms with Crippen LogP contribution in [-0.2, 0) is 9.59 Å². The normalized spacial score (nSPS) is 13.2. The van der Waals surface area contributed by atoms with Gasteiger partial charge in [-0.3, -0.25) is 14.4 Å². The maximum absolute atomic E-state index is 12.3. The van der Waals surface area contributed by atoms with Gasteiger partial charge in [0.15, 0.2) is 0 Å². The summed E-state index contributed by atoms with van der Waals surface area (Å²) in [6.45, 7) is 3.41. The topological polar surface area (TPSA) is 84.9 Å². The van der Waals surface area contributed by atoms with Crippen LogP contribution in [0.25, 0.3) is 0 Å². The molecule has 0 aromatic heterocycles. The van der Waals surface area contributed by atoms with E-state index in [4.69, 9.17) is 9.47 Å². The van der Waals surface area contributed by atoms with Crippen LogP contribution in [-0.4, -0.2) is 37.5 Å². The van der Waals surface area contributed by atoms with E-state index in [0.29, 0.717) is 43.1 Å². The standard InChI is InChI=1S/C23H26N2O5/c1-2-29-20-8-4-3-7-19(20)23(28)24-15-5-10-22(27)30-18-13-11-17(12-14-18)25-16-6-9-21(25)26/h3-4,7-8,11-14H,2,5-6,9-10,15-16H2,1H3,(H,24,28). The molecule has 0 radical (unpaired) electrons. The Balaban J connectivity index is 1.41. The summed E-state index contributed by atoms with van der Waals surface area (Å²) < 4.78 is 10.8. The number of ether oxygens (including phenoxy) is 2. The molecule has 1 aliphatic heterocycles. The average Bonchev–Trinajstić information content (AvgIpc) is 3.18. The van der Waals surface area contributed by atoms with Gasteiger partial charge in [-0.1, -0.05) is 12.1 Å². The lowest BCUT2D eigenvalue weighted by Gasteiger charge is -2.15. The fourth-order valence-corrected chi connectivity index (χ4v) is 3.26. The summed E-state index contributed by atoms with van der Waals surface area (Å²) in [7, 11) is 0. The van der Waals surface area contributed by atoms with E-state index in [0.717, 1.165) is 18.7 Å². The number of carbonyl (C=O) groups is 3. The number of carbonyl (C=O) groups excluding carboxylic acids is 3. The molecule has 1 N–H and O–H groups in total. The molecule has 2 aromatic carbocycles. The molecular weight excluding hydrogens is 384 g/mol. The molecule has 7 nitrogen and oxygen atoms in total. The van der Waals surface area contributed by atoms with Gasteiger partial charge in [0, 0.05) is 31.6 Å². The highest BCUT2D eigenvalue weighted by atomic mass is 16.5. The van der Waals surface area contributed by atoms with Gasteiger partial charge in [0.2, 0.25) is 5.91 Å². The van der Waals surface area contributed by atoms with Crippen LogP contribution in [0.1, 0.15) is 43.0 Å². The molecule has 1 fully saturated rings. The van der Waals surface area contributed by atoms with Crippen molar-refractivity contribution >= 4 is 23.5 Å². The first-order valence-electron chi connectivity index (χ1n) is 10.2. The van der Waals surface area contributed by atoms with Crippen LogP contribution in [0.3, 0.4) is 0 Å². The Kier molecular flexibility index (Phi) is 7.43. The number of hydrogen-bond acceptors (Lipinski definition) is 5. The molecule has 158 valence electrons. The van der Waals surface area contributed by atoms with Crippen LogP contribution in [0.2, 0.25) is 0 Å². The molecule has 1 saturated heterocycles. The van der Waals surface area contributed by atoms with Gasteiger partial charge in [0.1, 0.15) is 11.5 Å². The highest BCUT2D eigenvalue weighted by molar-refractivity contribution is 5.97. The SMILES string of the molecule is CCOc1ccccc1C(=O)NCCCC(=O)Oc1ccc(N2CCCC2=O)cc1. The minimum Gasteiger partial charge on any atom is -0.493 e. The van der Waals surface area contributed by atoms with Gasteiger partial charge in [-0.2, -0.15) is 0 Å². The van der Waals surface area contributed by atoms with E-state index in [-0.39, 0.29) is 24.2 Å². The van der Waals surface area contributed by atoms with E-state index in [1.165, 1.54) is 0 Å². The smallest absolute Gasteiger partial charge is 0.311 e. The van der Waals surface area contributed by atoms with Gasteiger partial charge in [0.05, 0.1) is 12.2 Å². The monoisotopic (exact) mass is 410 g/mol. The van der Waals surface area contributed by atoms with Crippen LogP contribution in [0.5, 0.6) is 11.5 Å². The zero-order valence-corrected chi connectivity index (χ0v) is 17.1. The van der Waals surface area contributed by atoms with Crippen molar-refractivity contribution < 1.29 is 23.9 Å². The molecule has 0 spiro atoms. The van der Waals surface area contributed by atoms with Crippen LogP contribution in [0, 0.1) is 0 Å². The molecule has 2 amide bonds. The summed E-state index contributed by atoms with van der Waals surface area (Å²) in [6.07, 6.45) is 2.08. The summed E-state index contributed by atoms with van der Waals surface area (Å²) >= 11 is 0. The lowest BCUT2D eigenvalue weighted by molar-refractivity contribution is -0.134. The predicted octanol–water partition coefficient (Wildman–Crippen LogP) is 3.33. The van der Waals surface area contributed by atoms with Gasteiger partial charge in [0.25, 0.3) is 5.91 Å². The molecular formula is C23H26N2O5. The van der Waals surface area contributed by atoms with Gasteiger partial charge in [-0.05, 0) is 56.2 Å². The highest BCUT2D eigenvalue weighted by Crippen LogP contribution is 2.24.